The van der Waals surface area contributed by atoms with Crippen LogP contribution in [0.15, 0.2) is 78.9 Å². The van der Waals surface area contributed by atoms with Gasteiger partial charge in [-0.15, -0.1) is 0 Å². The molecule has 0 amide bonds. The Bertz CT molecular complexity index is 766. The molecule has 0 atom stereocenters. The van der Waals surface area contributed by atoms with E-state index in [1.54, 1.807) is 0 Å². The van der Waals surface area contributed by atoms with Gasteiger partial charge in [0.1, 0.15) is 5.75 Å². The van der Waals surface area contributed by atoms with E-state index in [0.717, 1.165) is 25.3 Å². The number of aryl methyl sites for hydroxylation is 1. The number of hydrogen-bond donors (Lipinski definition) is 1. The molecule has 0 saturated carbocycles. The van der Waals surface area contributed by atoms with Gasteiger partial charge in [0.2, 0.25) is 0 Å². The number of rotatable bonds is 8. The first-order valence-corrected chi connectivity index (χ1v) is 8.82. The van der Waals surface area contributed by atoms with Crippen molar-refractivity contribution in [3.63, 3.8) is 0 Å². The van der Waals surface area contributed by atoms with Gasteiger partial charge in [-0.1, -0.05) is 66.7 Å². The van der Waals surface area contributed by atoms with Crippen molar-refractivity contribution in [3.8, 4) is 5.75 Å². The molecule has 0 unspecified atom stereocenters. The molecule has 0 aromatic heterocycles. The van der Waals surface area contributed by atoms with E-state index >= 15 is 0 Å². The highest BCUT2D eigenvalue weighted by molar-refractivity contribution is 5.28. The van der Waals surface area contributed by atoms with Gasteiger partial charge in [-0.2, -0.15) is 0 Å². The molecule has 1 N–H and O–H groups in total. The number of nitrogens with one attached hydrogen (secondary N) is 1. The van der Waals surface area contributed by atoms with Crippen LogP contribution in [0.3, 0.4) is 0 Å². The van der Waals surface area contributed by atoms with Crippen molar-refractivity contribution in [3.05, 3.63) is 101 Å². The predicted molar refractivity (Wildman–Crippen MR) is 104 cm³/mol. The molecule has 0 aliphatic carbocycles. The minimum absolute atomic E-state index is 0.703. The Morgan fingerprint density at radius 3 is 2.20 bits per heavy atom. The van der Waals surface area contributed by atoms with Gasteiger partial charge in [-0.3, -0.25) is 0 Å². The third-order valence-corrected chi connectivity index (χ3v) is 4.33. The zero-order valence-electron chi connectivity index (χ0n) is 14.7. The Morgan fingerprint density at radius 1 is 0.720 bits per heavy atom. The Labute approximate surface area is 150 Å². The summed E-state index contributed by atoms with van der Waals surface area (Å²) in [4.78, 5) is 0. The SMILES string of the molecule is Cc1ccccc1CNCc1ccc(OCCc2ccccc2)cc1. The van der Waals surface area contributed by atoms with Crippen LogP contribution < -0.4 is 10.1 Å². The lowest BCUT2D eigenvalue weighted by molar-refractivity contribution is 0.322. The minimum atomic E-state index is 0.703. The van der Waals surface area contributed by atoms with Gasteiger partial charge in [0, 0.05) is 19.5 Å². The first-order valence-electron chi connectivity index (χ1n) is 8.82. The van der Waals surface area contributed by atoms with Gasteiger partial charge >= 0.3 is 0 Å². The molecule has 2 nitrogen and oxygen atoms in total. The molecule has 2 heteroatoms. The maximum Gasteiger partial charge on any atom is 0.119 e. The lowest BCUT2D eigenvalue weighted by atomic mass is 10.1. The van der Waals surface area contributed by atoms with Crippen molar-refractivity contribution >= 4 is 0 Å². The number of ether oxygens (including phenoxy) is 1. The molecule has 0 aliphatic rings. The molecule has 25 heavy (non-hydrogen) atoms. The smallest absolute Gasteiger partial charge is 0.119 e. The fourth-order valence-corrected chi connectivity index (χ4v) is 2.78. The minimum Gasteiger partial charge on any atom is -0.493 e. The average Bonchev–Trinajstić information content (AvgIpc) is 2.65. The van der Waals surface area contributed by atoms with Crippen LogP contribution in [0.5, 0.6) is 5.75 Å². The van der Waals surface area contributed by atoms with E-state index in [1.807, 2.05) is 6.07 Å². The monoisotopic (exact) mass is 331 g/mol. The maximum absolute atomic E-state index is 5.83. The Balaban J connectivity index is 1.42. The van der Waals surface area contributed by atoms with Crippen molar-refractivity contribution in [1.82, 2.24) is 5.32 Å². The Kier molecular flexibility index (Phi) is 6.24. The van der Waals surface area contributed by atoms with Crippen LogP contribution in [-0.2, 0) is 19.5 Å². The molecule has 0 radical (unpaired) electrons. The zero-order chi connectivity index (χ0) is 17.3. The first kappa shape index (κ1) is 17.2. The van der Waals surface area contributed by atoms with Crippen molar-refractivity contribution in [1.29, 1.82) is 0 Å². The molecule has 0 saturated heterocycles. The van der Waals surface area contributed by atoms with Crippen molar-refractivity contribution in [2.45, 2.75) is 26.4 Å². The van der Waals surface area contributed by atoms with Gasteiger partial charge < -0.3 is 10.1 Å². The molecule has 0 aliphatic heterocycles. The highest BCUT2D eigenvalue weighted by Crippen LogP contribution is 2.13. The third-order valence-electron chi connectivity index (χ3n) is 4.33. The van der Waals surface area contributed by atoms with Crippen LogP contribution in [0.25, 0.3) is 0 Å². The van der Waals surface area contributed by atoms with Gasteiger partial charge in [0.05, 0.1) is 6.61 Å². The van der Waals surface area contributed by atoms with Crippen LogP contribution in [0.4, 0.5) is 0 Å². The summed E-state index contributed by atoms with van der Waals surface area (Å²) < 4.78 is 5.83. The highest BCUT2D eigenvalue weighted by Gasteiger charge is 1.99. The second-order valence-electron chi connectivity index (χ2n) is 6.26. The molecule has 3 rings (SSSR count). The predicted octanol–water partition coefficient (Wildman–Crippen LogP) is 4.91. The van der Waals surface area contributed by atoms with Crippen molar-refractivity contribution < 1.29 is 4.74 Å². The van der Waals surface area contributed by atoms with E-state index in [0.29, 0.717) is 6.61 Å². The van der Waals surface area contributed by atoms with Crippen LogP contribution in [0.2, 0.25) is 0 Å². The summed E-state index contributed by atoms with van der Waals surface area (Å²) >= 11 is 0. The molecule has 0 fully saturated rings. The normalized spacial score (nSPS) is 10.6. The van der Waals surface area contributed by atoms with Crippen LogP contribution in [-0.4, -0.2) is 6.61 Å². The summed E-state index contributed by atoms with van der Waals surface area (Å²) in [6.07, 6.45) is 0.931. The Morgan fingerprint density at radius 2 is 1.44 bits per heavy atom. The van der Waals surface area contributed by atoms with Gasteiger partial charge in [0.15, 0.2) is 0 Å². The van der Waals surface area contributed by atoms with Crippen LogP contribution in [0, 0.1) is 6.92 Å². The second kappa shape index (κ2) is 9.05. The van der Waals surface area contributed by atoms with E-state index in [9.17, 15) is 0 Å². The molecule has 0 bridgehead atoms. The number of benzene rings is 3. The molecule has 3 aromatic carbocycles. The topological polar surface area (TPSA) is 21.3 Å². The largest absolute Gasteiger partial charge is 0.493 e. The quantitative estimate of drug-likeness (QED) is 0.633. The lowest BCUT2D eigenvalue weighted by Crippen LogP contribution is -2.13. The lowest BCUT2D eigenvalue weighted by Gasteiger charge is -2.09. The summed E-state index contributed by atoms with van der Waals surface area (Å²) in [5.74, 6) is 0.929. The molecule has 0 heterocycles. The molecular weight excluding hydrogens is 306 g/mol. The van der Waals surface area contributed by atoms with Crippen LogP contribution >= 0.6 is 0 Å². The summed E-state index contributed by atoms with van der Waals surface area (Å²) in [6.45, 7) is 4.61. The van der Waals surface area contributed by atoms with E-state index < -0.39 is 0 Å². The molecule has 128 valence electrons. The third kappa shape index (κ3) is 5.47. The van der Waals surface area contributed by atoms with Crippen LogP contribution in [0.1, 0.15) is 22.3 Å². The van der Waals surface area contributed by atoms with Crippen molar-refractivity contribution in [2.24, 2.45) is 0 Å². The van der Waals surface area contributed by atoms with Gasteiger partial charge in [-0.25, -0.2) is 0 Å². The van der Waals surface area contributed by atoms with E-state index in [-0.39, 0.29) is 0 Å². The fourth-order valence-electron chi connectivity index (χ4n) is 2.78. The first-order chi connectivity index (χ1) is 12.3. The van der Waals surface area contributed by atoms with E-state index in [1.165, 1.54) is 22.3 Å². The fraction of sp³-hybridized carbons (Fsp3) is 0.217. The van der Waals surface area contributed by atoms with E-state index in [4.69, 9.17) is 4.74 Å². The molecular formula is C23H25NO. The van der Waals surface area contributed by atoms with E-state index in [2.05, 4.69) is 85.0 Å². The van der Waals surface area contributed by atoms with Crippen molar-refractivity contribution in [2.75, 3.05) is 6.61 Å². The maximum atomic E-state index is 5.83. The second-order valence-corrected chi connectivity index (χ2v) is 6.26. The zero-order valence-corrected chi connectivity index (χ0v) is 14.7. The van der Waals surface area contributed by atoms with Gasteiger partial charge in [0.25, 0.3) is 0 Å². The molecule has 0 spiro atoms. The summed E-state index contributed by atoms with van der Waals surface area (Å²) in [5.41, 5.74) is 5.25. The summed E-state index contributed by atoms with van der Waals surface area (Å²) in [6, 6.07) is 27.3. The standard InChI is InChI=1S/C23H25NO/c1-19-7-5-6-10-22(19)18-24-17-21-11-13-23(14-12-21)25-16-15-20-8-3-2-4-9-20/h2-14,24H,15-18H2,1H3. The summed E-state index contributed by atoms with van der Waals surface area (Å²) in [5, 5.41) is 3.50. The van der Waals surface area contributed by atoms with Gasteiger partial charge in [-0.05, 0) is 41.3 Å². The number of hydrogen-bond acceptors (Lipinski definition) is 2. The summed E-state index contributed by atoms with van der Waals surface area (Å²) in [7, 11) is 0. The highest BCUT2D eigenvalue weighted by atomic mass is 16.5. The Hall–Kier alpha value is -2.58. The molecule has 3 aromatic rings. The average molecular weight is 331 g/mol.